The Bertz CT molecular complexity index is 1690. The Balaban J connectivity index is 1.26. The van der Waals surface area contributed by atoms with Crippen LogP contribution in [0.25, 0.3) is 22.3 Å². The molecule has 0 saturated carbocycles. The van der Waals surface area contributed by atoms with Gasteiger partial charge in [0.15, 0.2) is 0 Å². The minimum atomic E-state index is -0.644. The van der Waals surface area contributed by atoms with E-state index in [0.29, 0.717) is 31.6 Å². The molecule has 1 aliphatic rings. The van der Waals surface area contributed by atoms with E-state index in [2.05, 4.69) is 6.07 Å². The van der Waals surface area contributed by atoms with Crippen LogP contribution >= 0.6 is 0 Å². The summed E-state index contributed by atoms with van der Waals surface area (Å²) in [4.78, 5) is 13.8. The Labute approximate surface area is 283 Å². The smallest absolute Gasteiger partial charge is 0.338 e. The van der Waals surface area contributed by atoms with Crippen LogP contribution in [0.5, 0.6) is 11.5 Å². The number of hydrogen-bond donors (Lipinski definition) is 0. The molecular formula is C42H42NO5. The van der Waals surface area contributed by atoms with Crippen LogP contribution in [0.1, 0.15) is 62.0 Å². The molecule has 245 valence electrons. The third-order valence-electron chi connectivity index (χ3n) is 8.87. The molecule has 5 aromatic carbocycles. The zero-order valence-electron chi connectivity index (χ0n) is 28.0. The second kappa shape index (κ2) is 14.1. The highest BCUT2D eigenvalue weighted by Crippen LogP contribution is 2.39. The summed E-state index contributed by atoms with van der Waals surface area (Å²) in [6, 6.07) is 41.7. The number of piperidine rings is 1. The zero-order chi connectivity index (χ0) is 33.7. The number of nitrogens with zero attached hydrogens (tertiary/aromatic N) is 1. The second-order valence-electron chi connectivity index (χ2n) is 13.8. The first-order chi connectivity index (χ1) is 23.1. The molecule has 5 aromatic rings. The molecule has 0 unspecified atom stereocenters. The molecule has 0 spiro atoms. The fourth-order valence-electron chi connectivity index (χ4n) is 6.52. The zero-order valence-corrected chi connectivity index (χ0v) is 28.0. The largest absolute Gasteiger partial charge is 0.489 e. The molecule has 6 heteroatoms. The van der Waals surface area contributed by atoms with Gasteiger partial charge in [-0.3, -0.25) is 0 Å². The maximum absolute atomic E-state index is 13.8. The van der Waals surface area contributed by atoms with E-state index < -0.39 is 17.0 Å². The molecule has 48 heavy (non-hydrogen) atoms. The van der Waals surface area contributed by atoms with E-state index >= 15 is 0 Å². The summed E-state index contributed by atoms with van der Waals surface area (Å²) >= 11 is 0. The summed E-state index contributed by atoms with van der Waals surface area (Å²) in [5, 5.41) is 14.0. The molecule has 1 fully saturated rings. The van der Waals surface area contributed by atoms with Gasteiger partial charge in [-0.05, 0) is 104 Å². The van der Waals surface area contributed by atoms with Crippen LogP contribution in [0.3, 0.4) is 0 Å². The first-order valence-corrected chi connectivity index (χ1v) is 16.4. The summed E-state index contributed by atoms with van der Waals surface area (Å²) in [6.07, 6.45) is 0.558. The van der Waals surface area contributed by atoms with Crippen molar-refractivity contribution in [3.05, 3.63) is 144 Å². The van der Waals surface area contributed by atoms with Crippen LogP contribution in [0.15, 0.2) is 127 Å². The van der Waals surface area contributed by atoms with E-state index in [1.54, 1.807) is 0 Å². The summed E-state index contributed by atoms with van der Waals surface area (Å²) in [5.41, 5.74) is 5.02. The number of carbonyl (C=O) groups excluding carboxylic acids is 1. The van der Waals surface area contributed by atoms with Gasteiger partial charge in [0.25, 0.3) is 0 Å². The lowest BCUT2D eigenvalue weighted by Crippen LogP contribution is -2.60. The normalized spacial score (nSPS) is 15.9. The SMILES string of the molecule is CC1(C)CC(OC(=O)c2cc(-c3ccc(OCc4ccccc4)cc3)cc(-c3ccc(OCc4ccccc4)cc3)c2)CC(C)(C)N1[O]. The van der Waals surface area contributed by atoms with Gasteiger partial charge in [-0.25, -0.2) is 4.79 Å². The number of hydrogen-bond acceptors (Lipinski definition) is 5. The molecule has 0 aliphatic carbocycles. The number of esters is 1. The van der Waals surface area contributed by atoms with Crippen LogP contribution < -0.4 is 9.47 Å². The first-order valence-electron chi connectivity index (χ1n) is 16.4. The van der Waals surface area contributed by atoms with Crippen LogP contribution in [0.4, 0.5) is 0 Å². The standard InChI is InChI=1S/C42H42NO5/c1-41(2)26-39(27-42(3,4)43(41)45)48-40(44)36-24-34(32-15-19-37(20-16-32)46-28-30-11-7-5-8-12-30)23-35(25-36)33-17-21-38(22-18-33)47-29-31-13-9-6-10-14-31/h5-25,39H,26-29H2,1-4H3. The van der Waals surface area contributed by atoms with Gasteiger partial charge in [-0.15, -0.1) is 10.3 Å². The highest BCUT2D eigenvalue weighted by Gasteiger charge is 2.47. The van der Waals surface area contributed by atoms with Gasteiger partial charge in [0.1, 0.15) is 30.8 Å². The maximum Gasteiger partial charge on any atom is 0.338 e. The molecule has 0 aromatic heterocycles. The van der Waals surface area contributed by atoms with Crippen molar-refractivity contribution in [3.63, 3.8) is 0 Å². The third kappa shape index (κ3) is 7.96. The Morgan fingerprint density at radius 3 is 1.44 bits per heavy atom. The van der Waals surface area contributed by atoms with Gasteiger partial charge >= 0.3 is 5.97 Å². The van der Waals surface area contributed by atoms with Crippen molar-refractivity contribution in [2.75, 3.05) is 0 Å². The Morgan fingerprint density at radius 1 is 0.604 bits per heavy atom. The summed E-state index contributed by atoms with van der Waals surface area (Å²) < 4.78 is 18.1. The van der Waals surface area contributed by atoms with Crippen molar-refractivity contribution in [3.8, 4) is 33.8 Å². The molecule has 0 bridgehead atoms. The monoisotopic (exact) mass is 640 g/mol. The number of benzene rings is 5. The molecule has 6 rings (SSSR count). The van der Waals surface area contributed by atoms with Gasteiger partial charge < -0.3 is 14.2 Å². The van der Waals surface area contributed by atoms with Crippen LogP contribution in [0, 0.1) is 0 Å². The van der Waals surface area contributed by atoms with Crippen molar-refractivity contribution in [2.24, 2.45) is 0 Å². The van der Waals surface area contributed by atoms with Gasteiger partial charge in [0.2, 0.25) is 0 Å². The average molecular weight is 641 g/mol. The summed E-state index contributed by atoms with van der Waals surface area (Å²) in [6.45, 7) is 8.58. The fourth-order valence-corrected chi connectivity index (χ4v) is 6.52. The molecule has 1 aliphatic heterocycles. The van der Waals surface area contributed by atoms with E-state index in [1.807, 2.05) is 149 Å². The highest BCUT2D eigenvalue weighted by molar-refractivity contribution is 5.93. The Morgan fingerprint density at radius 2 is 1.02 bits per heavy atom. The Kier molecular flexibility index (Phi) is 9.67. The minimum absolute atomic E-state index is 0.373. The Hall–Kier alpha value is -4.91. The molecule has 0 atom stereocenters. The van der Waals surface area contributed by atoms with E-state index in [-0.39, 0.29) is 6.10 Å². The second-order valence-corrected chi connectivity index (χ2v) is 13.8. The van der Waals surface area contributed by atoms with Gasteiger partial charge in [-0.2, -0.15) is 0 Å². The van der Waals surface area contributed by atoms with Crippen molar-refractivity contribution in [2.45, 2.75) is 70.9 Å². The first kappa shape index (κ1) is 33.0. The van der Waals surface area contributed by atoms with E-state index in [1.165, 1.54) is 0 Å². The minimum Gasteiger partial charge on any atom is -0.489 e. The molecular weight excluding hydrogens is 598 g/mol. The lowest BCUT2D eigenvalue weighted by molar-refractivity contribution is -0.298. The third-order valence-corrected chi connectivity index (χ3v) is 8.87. The predicted octanol–water partition coefficient (Wildman–Crippen LogP) is 9.70. The van der Waals surface area contributed by atoms with Gasteiger partial charge in [0.05, 0.1) is 5.56 Å². The van der Waals surface area contributed by atoms with Gasteiger partial charge in [-0.1, -0.05) is 84.9 Å². The summed E-state index contributed by atoms with van der Waals surface area (Å²) in [5.74, 6) is 1.12. The van der Waals surface area contributed by atoms with Crippen molar-refractivity contribution >= 4 is 5.97 Å². The average Bonchev–Trinajstić information content (AvgIpc) is 3.09. The van der Waals surface area contributed by atoms with Crippen molar-refractivity contribution < 1.29 is 24.2 Å². The lowest BCUT2D eigenvalue weighted by atomic mass is 9.80. The molecule has 0 N–H and O–H groups in total. The predicted molar refractivity (Wildman–Crippen MR) is 188 cm³/mol. The van der Waals surface area contributed by atoms with Crippen LogP contribution in [-0.2, 0) is 23.2 Å². The fraction of sp³-hybridized carbons (Fsp3) is 0.262. The number of hydroxylamine groups is 2. The van der Waals surface area contributed by atoms with Crippen molar-refractivity contribution in [1.29, 1.82) is 0 Å². The van der Waals surface area contributed by atoms with Gasteiger partial charge in [0, 0.05) is 23.9 Å². The van der Waals surface area contributed by atoms with Crippen LogP contribution in [-0.4, -0.2) is 28.2 Å². The molecule has 1 heterocycles. The van der Waals surface area contributed by atoms with E-state index in [0.717, 1.165) is 49.9 Å². The number of carbonyl (C=O) groups is 1. The quantitative estimate of drug-likeness (QED) is 0.142. The molecule has 6 nitrogen and oxygen atoms in total. The highest BCUT2D eigenvalue weighted by atomic mass is 16.5. The van der Waals surface area contributed by atoms with Crippen LogP contribution in [0.2, 0.25) is 0 Å². The van der Waals surface area contributed by atoms with Crippen molar-refractivity contribution in [1.82, 2.24) is 5.06 Å². The maximum atomic E-state index is 13.8. The van der Waals surface area contributed by atoms with E-state index in [4.69, 9.17) is 14.2 Å². The molecule has 1 radical (unpaired) electrons. The molecule has 0 amide bonds. The topological polar surface area (TPSA) is 67.9 Å². The number of rotatable bonds is 10. The lowest BCUT2D eigenvalue weighted by Gasteiger charge is -2.49. The molecule has 1 saturated heterocycles. The summed E-state index contributed by atoms with van der Waals surface area (Å²) in [7, 11) is 0. The number of ether oxygens (including phenoxy) is 3. The van der Waals surface area contributed by atoms with E-state index in [9.17, 15) is 10.0 Å².